The van der Waals surface area contributed by atoms with E-state index in [1.807, 2.05) is 36.2 Å². The third-order valence-corrected chi connectivity index (χ3v) is 4.19. The van der Waals surface area contributed by atoms with Crippen molar-refractivity contribution in [3.05, 3.63) is 35.2 Å². The summed E-state index contributed by atoms with van der Waals surface area (Å²) in [5.74, 6) is 1.60. The lowest BCUT2D eigenvalue weighted by atomic mass is 10.2. The normalized spacial score (nSPS) is 12.7. The number of nitrogens with zero attached hydrogens (tertiary/aromatic N) is 4. The van der Waals surface area contributed by atoms with Crippen LogP contribution in [0.5, 0.6) is 0 Å². The van der Waals surface area contributed by atoms with Crippen molar-refractivity contribution < 1.29 is 4.74 Å². The Hall–Kier alpha value is -1.99. The van der Waals surface area contributed by atoms with E-state index < -0.39 is 0 Å². The van der Waals surface area contributed by atoms with E-state index in [1.54, 1.807) is 24.6 Å². The molecule has 0 aliphatic rings. The second-order valence-corrected chi connectivity index (χ2v) is 5.70. The van der Waals surface area contributed by atoms with Crippen LogP contribution in [0.1, 0.15) is 17.6 Å². The molecule has 6 nitrogen and oxygen atoms in total. The monoisotopic (exact) mass is 303 g/mol. The van der Waals surface area contributed by atoms with Gasteiger partial charge in [0.1, 0.15) is 11.6 Å². The average molecular weight is 303 g/mol. The smallest absolute Gasteiger partial charge is 0.148 e. The van der Waals surface area contributed by atoms with Crippen LogP contribution in [-0.2, 0) is 11.8 Å². The van der Waals surface area contributed by atoms with E-state index in [9.17, 15) is 0 Å². The Morgan fingerprint density at radius 2 is 2.24 bits per heavy atom. The van der Waals surface area contributed by atoms with Crippen LogP contribution >= 0.6 is 11.3 Å². The fourth-order valence-electron chi connectivity index (χ4n) is 2.34. The maximum Gasteiger partial charge on any atom is 0.148 e. The van der Waals surface area contributed by atoms with Gasteiger partial charge in [-0.1, -0.05) is 0 Å². The molecule has 3 aromatic heterocycles. The van der Waals surface area contributed by atoms with Crippen LogP contribution < -0.4 is 5.32 Å². The molecule has 0 amide bonds. The lowest BCUT2D eigenvalue weighted by Gasteiger charge is -2.19. The molecule has 1 N–H and O–H groups in total. The van der Waals surface area contributed by atoms with Gasteiger partial charge < -0.3 is 10.1 Å². The summed E-state index contributed by atoms with van der Waals surface area (Å²) in [6.45, 7) is 2.44. The average Bonchev–Trinajstić information content (AvgIpc) is 3.06. The molecule has 1 unspecified atom stereocenters. The Balaban J connectivity index is 1.98. The molecule has 0 saturated heterocycles. The topological polar surface area (TPSA) is 64.9 Å². The SMILES string of the molecule is COCC(Nc1nc(C)nc2ccsc12)c1ccnn1C. The van der Waals surface area contributed by atoms with Crippen LogP contribution in [0.25, 0.3) is 10.2 Å². The molecule has 7 heteroatoms. The molecule has 110 valence electrons. The minimum atomic E-state index is -0.0119. The fourth-order valence-corrected chi connectivity index (χ4v) is 3.12. The van der Waals surface area contributed by atoms with Gasteiger partial charge in [0.05, 0.1) is 28.6 Å². The number of hydrogen-bond donors (Lipinski definition) is 1. The zero-order chi connectivity index (χ0) is 14.8. The maximum atomic E-state index is 5.34. The Labute approximate surface area is 126 Å². The number of ether oxygens (including phenoxy) is 1. The molecule has 0 bridgehead atoms. The van der Waals surface area contributed by atoms with E-state index in [4.69, 9.17) is 4.74 Å². The zero-order valence-corrected chi connectivity index (χ0v) is 13.0. The summed E-state index contributed by atoms with van der Waals surface area (Å²) in [5.41, 5.74) is 2.02. The van der Waals surface area contributed by atoms with Crippen LogP contribution in [0.2, 0.25) is 0 Å². The third-order valence-electron chi connectivity index (χ3n) is 3.28. The highest BCUT2D eigenvalue weighted by Gasteiger charge is 2.17. The highest BCUT2D eigenvalue weighted by atomic mass is 32.1. The van der Waals surface area contributed by atoms with Crippen molar-refractivity contribution in [2.75, 3.05) is 19.0 Å². The zero-order valence-electron chi connectivity index (χ0n) is 12.2. The van der Waals surface area contributed by atoms with Crippen LogP contribution in [0.3, 0.4) is 0 Å². The van der Waals surface area contributed by atoms with E-state index in [2.05, 4.69) is 20.4 Å². The van der Waals surface area contributed by atoms with Crippen molar-refractivity contribution in [1.29, 1.82) is 0 Å². The first-order valence-corrected chi connectivity index (χ1v) is 7.52. The van der Waals surface area contributed by atoms with Gasteiger partial charge in [0.2, 0.25) is 0 Å². The summed E-state index contributed by atoms with van der Waals surface area (Å²) in [6, 6.07) is 3.98. The minimum absolute atomic E-state index is 0.0119. The molecular weight excluding hydrogens is 286 g/mol. The van der Waals surface area contributed by atoms with E-state index in [0.717, 1.165) is 27.6 Å². The number of aryl methyl sites for hydroxylation is 2. The number of aromatic nitrogens is 4. The van der Waals surface area contributed by atoms with Gasteiger partial charge in [0.25, 0.3) is 0 Å². The largest absolute Gasteiger partial charge is 0.382 e. The number of nitrogens with one attached hydrogen (secondary N) is 1. The maximum absolute atomic E-state index is 5.34. The molecule has 0 aliphatic carbocycles. The summed E-state index contributed by atoms with van der Waals surface area (Å²) in [6.07, 6.45) is 1.78. The molecule has 21 heavy (non-hydrogen) atoms. The molecule has 0 aliphatic heterocycles. The van der Waals surface area contributed by atoms with Gasteiger partial charge >= 0.3 is 0 Å². The molecule has 0 aromatic carbocycles. The molecule has 0 saturated carbocycles. The van der Waals surface area contributed by atoms with Crippen LogP contribution in [0.4, 0.5) is 5.82 Å². The number of rotatable bonds is 5. The molecule has 3 heterocycles. The van der Waals surface area contributed by atoms with Gasteiger partial charge in [-0.05, 0) is 24.4 Å². The molecule has 3 aromatic rings. The first-order chi connectivity index (χ1) is 10.2. The van der Waals surface area contributed by atoms with E-state index >= 15 is 0 Å². The Kier molecular flexibility index (Phi) is 3.85. The van der Waals surface area contributed by atoms with Crippen molar-refractivity contribution >= 4 is 27.4 Å². The second-order valence-electron chi connectivity index (χ2n) is 4.79. The number of thiophene rings is 1. The predicted octanol–water partition coefficient (Wildman–Crippen LogP) is 2.53. The van der Waals surface area contributed by atoms with Gasteiger partial charge in [-0.2, -0.15) is 5.10 Å². The van der Waals surface area contributed by atoms with E-state index in [0.29, 0.717) is 6.61 Å². The molecular formula is C14H17N5OS. The summed E-state index contributed by atoms with van der Waals surface area (Å²) in [4.78, 5) is 8.98. The fraction of sp³-hybridized carbons (Fsp3) is 0.357. The number of anilines is 1. The first-order valence-electron chi connectivity index (χ1n) is 6.64. The van der Waals surface area contributed by atoms with Gasteiger partial charge in [-0.15, -0.1) is 11.3 Å². The standard InChI is InChI=1S/C14H17N5OS/c1-9-16-10-5-7-21-13(10)14(17-9)18-11(8-20-3)12-4-6-15-19(12)2/h4-7,11H,8H2,1-3H3,(H,16,17,18). The summed E-state index contributed by atoms with van der Waals surface area (Å²) in [7, 11) is 3.61. The summed E-state index contributed by atoms with van der Waals surface area (Å²) in [5, 5.41) is 9.72. The Bertz CT molecular complexity index is 751. The lowest BCUT2D eigenvalue weighted by molar-refractivity contribution is 0.184. The van der Waals surface area contributed by atoms with Gasteiger partial charge in [0.15, 0.2) is 0 Å². The summed E-state index contributed by atoms with van der Waals surface area (Å²) < 4.78 is 8.24. The van der Waals surface area contributed by atoms with E-state index in [1.165, 1.54) is 0 Å². The van der Waals surface area contributed by atoms with Crippen LogP contribution in [0, 0.1) is 6.92 Å². The molecule has 3 rings (SSSR count). The number of hydrogen-bond acceptors (Lipinski definition) is 6. The molecule has 0 fully saturated rings. The van der Waals surface area contributed by atoms with Crippen LogP contribution in [-0.4, -0.2) is 33.5 Å². The highest BCUT2D eigenvalue weighted by Crippen LogP contribution is 2.28. The highest BCUT2D eigenvalue weighted by molar-refractivity contribution is 7.17. The number of methoxy groups -OCH3 is 1. The number of fused-ring (bicyclic) bond motifs is 1. The van der Waals surface area contributed by atoms with Crippen molar-refractivity contribution in [3.8, 4) is 0 Å². The van der Waals surface area contributed by atoms with Crippen molar-refractivity contribution in [2.45, 2.75) is 13.0 Å². The first kappa shape index (κ1) is 14.0. The third kappa shape index (κ3) is 2.74. The van der Waals surface area contributed by atoms with Gasteiger partial charge in [-0.3, -0.25) is 4.68 Å². The van der Waals surface area contributed by atoms with E-state index in [-0.39, 0.29) is 6.04 Å². The Morgan fingerprint density at radius 1 is 1.38 bits per heavy atom. The predicted molar refractivity (Wildman–Crippen MR) is 83.6 cm³/mol. The molecule has 1 atom stereocenters. The quantitative estimate of drug-likeness (QED) is 0.784. The van der Waals surface area contributed by atoms with Gasteiger partial charge in [0, 0.05) is 20.4 Å². The Morgan fingerprint density at radius 3 is 2.95 bits per heavy atom. The van der Waals surface area contributed by atoms with Crippen molar-refractivity contribution in [2.24, 2.45) is 7.05 Å². The summed E-state index contributed by atoms with van der Waals surface area (Å²) >= 11 is 1.63. The second kappa shape index (κ2) is 5.79. The van der Waals surface area contributed by atoms with Crippen LogP contribution in [0.15, 0.2) is 23.7 Å². The molecule has 0 spiro atoms. The van der Waals surface area contributed by atoms with Gasteiger partial charge in [-0.25, -0.2) is 9.97 Å². The van der Waals surface area contributed by atoms with Crippen molar-refractivity contribution in [1.82, 2.24) is 19.7 Å². The minimum Gasteiger partial charge on any atom is -0.382 e. The molecule has 0 radical (unpaired) electrons. The lowest BCUT2D eigenvalue weighted by Crippen LogP contribution is -2.20. The van der Waals surface area contributed by atoms with Crippen molar-refractivity contribution in [3.63, 3.8) is 0 Å².